The van der Waals surface area contributed by atoms with Crippen LogP contribution >= 0.6 is 23.4 Å². The lowest BCUT2D eigenvalue weighted by molar-refractivity contribution is -0.139. The van der Waals surface area contributed by atoms with Crippen molar-refractivity contribution in [1.82, 2.24) is 30.7 Å². The first kappa shape index (κ1) is 18.1. The molecule has 1 saturated carbocycles. The van der Waals surface area contributed by atoms with Crippen molar-refractivity contribution in [3.05, 3.63) is 17.3 Å². The molecule has 0 atom stereocenters. The summed E-state index contributed by atoms with van der Waals surface area (Å²) in [5, 5.41) is 4.53. The van der Waals surface area contributed by atoms with Gasteiger partial charge in [0.05, 0.1) is 16.3 Å². The Labute approximate surface area is 163 Å². The lowest BCUT2D eigenvalue weighted by atomic mass is 9.82. The average Bonchev–Trinajstić information content (AvgIpc) is 3.14. The number of aromatic amines is 1. The van der Waals surface area contributed by atoms with Crippen molar-refractivity contribution >= 4 is 52.4 Å². The number of rotatable bonds is 4. The van der Waals surface area contributed by atoms with Gasteiger partial charge in [-0.25, -0.2) is 14.8 Å². The summed E-state index contributed by atoms with van der Waals surface area (Å²) in [6.45, 7) is 0. The fourth-order valence-corrected chi connectivity index (χ4v) is 4.25. The topological polar surface area (TPSA) is 120 Å². The number of pyridine rings is 1. The number of fused-ring (bicyclic) bond motifs is 1. The van der Waals surface area contributed by atoms with Crippen molar-refractivity contribution in [3.63, 3.8) is 0 Å². The number of hydrogen-bond donors (Lipinski definition) is 3. The molecule has 4 rings (SSSR count). The molecule has 2 aromatic rings. The minimum Gasteiger partial charge on any atom is -0.331 e. The van der Waals surface area contributed by atoms with Gasteiger partial charge < -0.3 is 10.3 Å². The molecule has 2 aromatic heterocycles. The monoisotopic (exact) mass is 408 g/mol. The van der Waals surface area contributed by atoms with Crippen molar-refractivity contribution < 1.29 is 14.4 Å². The molecular formula is C16H17ClN6O3S. The molecule has 142 valence electrons. The molecule has 2 fully saturated rings. The second-order valence-corrected chi connectivity index (χ2v) is 8.00. The van der Waals surface area contributed by atoms with Gasteiger partial charge >= 0.3 is 6.03 Å². The molecule has 27 heavy (non-hydrogen) atoms. The van der Waals surface area contributed by atoms with Crippen molar-refractivity contribution in [2.45, 2.75) is 42.8 Å². The highest BCUT2D eigenvalue weighted by atomic mass is 35.5. The number of carbonyl (C=O) groups excluding carboxylic acids is 3. The lowest BCUT2D eigenvalue weighted by Gasteiger charge is -2.30. The summed E-state index contributed by atoms with van der Waals surface area (Å²) in [4.78, 5) is 48.4. The molecule has 0 radical (unpaired) electrons. The Hall–Kier alpha value is -2.33. The third-order valence-corrected chi connectivity index (χ3v) is 5.81. The van der Waals surface area contributed by atoms with E-state index in [2.05, 4.69) is 25.7 Å². The van der Waals surface area contributed by atoms with Crippen LogP contribution in [0.4, 0.5) is 4.79 Å². The Balaban J connectivity index is 1.37. The van der Waals surface area contributed by atoms with Crippen LogP contribution in [-0.4, -0.2) is 49.1 Å². The number of hydrogen-bond acceptors (Lipinski definition) is 6. The number of amides is 4. The van der Waals surface area contributed by atoms with Gasteiger partial charge in [-0.1, -0.05) is 42.6 Å². The molecule has 2 aliphatic rings. The standard InChI is InChI=1S/C16H17ClN6O3S/c17-9-6-10-12(18-7-9)20-14(19-10)27-8-11(24)22-23-13(25)16(21-15(23)26)4-2-1-3-5-16/h6-7H,1-5,8H2,(H,21,26)(H,22,24)(H,18,19,20). The molecule has 1 spiro atoms. The zero-order valence-corrected chi connectivity index (χ0v) is 15.8. The summed E-state index contributed by atoms with van der Waals surface area (Å²) in [5.41, 5.74) is 2.70. The Morgan fingerprint density at radius 2 is 2.11 bits per heavy atom. The molecular weight excluding hydrogens is 392 g/mol. The zero-order chi connectivity index (χ0) is 19.0. The van der Waals surface area contributed by atoms with Crippen LogP contribution in [0.1, 0.15) is 32.1 Å². The van der Waals surface area contributed by atoms with E-state index in [0.29, 0.717) is 34.2 Å². The van der Waals surface area contributed by atoms with Gasteiger partial charge in [-0.2, -0.15) is 5.01 Å². The van der Waals surface area contributed by atoms with Gasteiger partial charge in [-0.15, -0.1) is 0 Å². The first-order valence-corrected chi connectivity index (χ1v) is 9.93. The van der Waals surface area contributed by atoms with E-state index in [0.717, 1.165) is 36.0 Å². The van der Waals surface area contributed by atoms with Crippen LogP contribution in [0.5, 0.6) is 0 Å². The number of hydrazine groups is 1. The summed E-state index contributed by atoms with van der Waals surface area (Å²) in [5.74, 6) is -0.867. The van der Waals surface area contributed by atoms with Crippen LogP contribution in [-0.2, 0) is 9.59 Å². The maximum atomic E-state index is 12.6. The quantitative estimate of drug-likeness (QED) is 0.525. The summed E-state index contributed by atoms with van der Waals surface area (Å²) >= 11 is 7.02. The molecule has 0 unspecified atom stereocenters. The van der Waals surface area contributed by atoms with E-state index in [1.807, 2.05) is 0 Å². The number of imidazole rings is 1. The minimum atomic E-state index is -0.862. The van der Waals surface area contributed by atoms with Gasteiger partial charge in [0, 0.05) is 6.20 Å². The van der Waals surface area contributed by atoms with Crippen LogP contribution < -0.4 is 10.7 Å². The highest BCUT2D eigenvalue weighted by molar-refractivity contribution is 7.99. The van der Waals surface area contributed by atoms with Gasteiger partial charge in [0.2, 0.25) is 5.91 Å². The Kier molecular flexibility index (Phi) is 4.68. The number of nitrogens with one attached hydrogen (secondary N) is 3. The van der Waals surface area contributed by atoms with Gasteiger partial charge in [0.15, 0.2) is 10.8 Å². The molecule has 1 aliphatic heterocycles. The van der Waals surface area contributed by atoms with E-state index in [-0.39, 0.29) is 11.7 Å². The molecule has 3 heterocycles. The van der Waals surface area contributed by atoms with Crippen LogP contribution in [0, 0.1) is 0 Å². The Bertz CT molecular complexity index is 926. The van der Waals surface area contributed by atoms with Crippen LogP contribution in [0.25, 0.3) is 11.2 Å². The predicted molar refractivity (Wildman–Crippen MR) is 99.0 cm³/mol. The largest absolute Gasteiger partial charge is 0.344 e. The Morgan fingerprint density at radius 3 is 2.89 bits per heavy atom. The maximum absolute atomic E-state index is 12.6. The van der Waals surface area contributed by atoms with E-state index in [1.165, 1.54) is 6.20 Å². The minimum absolute atomic E-state index is 0.0163. The molecule has 3 N–H and O–H groups in total. The molecule has 0 bridgehead atoms. The summed E-state index contributed by atoms with van der Waals surface area (Å²) < 4.78 is 0. The molecule has 11 heteroatoms. The number of urea groups is 1. The van der Waals surface area contributed by atoms with Crippen LogP contribution in [0.15, 0.2) is 17.4 Å². The second-order valence-electron chi connectivity index (χ2n) is 6.60. The van der Waals surface area contributed by atoms with E-state index in [4.69, 9.17) is 11.6 Å². The first-order valence-electron chi connectivity index (χ1n) is 8.57. The third-order valence-electron chi connectivity index (χ3n) is 4.73. The number of H-pyrrole nitrogens is 1. The van der Waals surface area contributed by atoms with Crippen molar-refractivity contribution in [3.8, 4) is 0 Å². The van der Waals surface area contributed by atoms with Crippen LogP contribution in [0.3, 0.4) is 0 Å². The van der Waals surface area contributed by atoms with E-state index < -0.39 is 17.5 Å². The van der Waals surface area contributed by atoms with Gasteiger partial charge in [0.25, 0.3) is 5.91 Å². The van der Waals surface area contributed by atoms with Crippen molar-refractivity contribution in [2.75, 3.05) is 5.75 Å². The fourth-order valence-electron chi connectivity index (χ4n) is 3.43. The number of carbonyl (C=O) groups is 3. The maximum Gasteiger partial charge on any atom is 0.344 e. The molecule has 9 nitrogen and oxygen atoms in total. The third kappa shape index (κ3) is 3.46. The Morgan fingerprint density at radius 1 is 1.33 bits per heavy atom. The smallest absolute Gasteiger partial charge is 0.331 e. The number of imide groups is 1. The zero-order valence-electron chi connectivity index (χ0n) is 14.2. The number of halogens is 1. The van der Waals surface area contributed by atoms with Gasteiger partial charge in [-0.05, 0) is 18.9 Å². The summed E-state index contributed by atoms with van der Waals surface area (Å²) in [7, 11) is 0. The van der Waals surface area contributed by atoms with Gasteiger partial charge in [0.1, 0.15) is 5.54 Å². The SMILES string of the molecule is O=C(CSc1nc2ncc(Cl)cc2[nH]1)NN1C(=O)NC2(CCCCC2)C1=O. The number of aromatic nitrogens is 3. The normalized spacial score (nSPS) is 18.9. The first-order chi connectivity index (χ1) is 13.0. The second kappa shape index (κ2) is 7.01. The average molecular weight is 409 g/mol. The number of nitrogens with zero attached hydrogens (tertiary/aromatic N) is 3. The van der Waals surface area contributed by atoms with E-state index >= 15 is 0 Å². The number of thioether (sulfide) groups is 1. The van der Waals surface area contributed by atoms with Crippen molar-refractivity contribution in [2.24, 2.45) is 0 Å². The van der Waals surface area contributed by atoms with Crippen molar-refractivity contribution in [1.29, 1.82) is 0 Å². The van der Waals surface area contributed by atoms with E-state index in [9.17, 15) is 14.4 Å². The van der Waals surface area contributed by atoms with E-state index in [1.54, 1.807) is 6.07 Å². The highest BCUT2D eigenvalue weighted by Gasteiger charge is 2.52. The summed E-state index contributed by atoms with van der Waals surface area (Å²) in [6.07, 6.45) is 5.51. The molecule has 4 amide bonds. The van der Waals surface area contributed by atoms with Gasteiger partial charge in [-0.3, -0.25) is 15.0 Å². The highest BCUT2D eigenvalue weighted by Crippen LogP contribution is 2.33. The predicted octanol–water partition coefficient (Wildman–Crippen LogP) is 1.99. The molecule has 0 aromatic carbocycles. The summed E-state index contributed by atoms with van der Waals surface area (Å²) in [6, 6.07) is 1.11. The fraction of sp³-hybridized carbons (Fsp3) is 0.438. The lowest BCUT2D eigenvalue weighted by Crippen LogP contribution is -2.51. The van der Waals surface area contributed by atoms with Crippen LogP contribution in [0.2, 0.25) is 5.02 Å². The molecule has 1 aliphatic carbocycles. The molecule has 1 saturated heterocycles.